The Balaban J connectivity index is 2.28. The summed E-state index contributed by atoms with van der Waals surface area (Å²) in [6.07, 6.45) is 2.65. The monoisotopic (exact) mass is 360 g/mol. The molecule has 0 aliphatic carbocycles. The number of rotatable bonds is 9. The number of hydrogen-bond acceptors (Lipinski definition) is 4. The summed E-state index contributed by atoms with van der Waals surface area (Å²) in [7, 11) is 0. The summed E-state index contributed by atoms with van der Waals surface area (Å²) >= 11 is 11.8. The number of esters is 2. The largest absolute Gasteiger partial charge is 0.465 e. The van der Waals surface area contributed by atoms with Crippen LogP contribution in [0.5, 0.6) is 5.75 Å². The molecule has 0 N–H and O–H groups in total. The maximum atomic E-state index is 11.7. The molecule has 0 radical (unpaired) electrons. The van der Waals surface area contributed by atoms with Gasteiger partial charge in [-0.25, -0.2) is 0 Å². The highest BCUT2D eigenvalue weighted by Gasteiger charge is 2.13. The normalized spacial score (nSPS) is 10.7. The molecular formula is C17H22Cl2O4. The fourth-order valence-electron chi connectivity index (χ4n) is 1.92. The predicted molar refractivity (Wildman–Crippen MR) is 91.0 cm³/mol. The predicted octanol–water partition coefficient (Wildman–Crippen LogP) is 5.05. The van der Waals surface area contributed by atoms with Crippen molar-refractivity contribution in [1.29, 1.82) is 0 Å². The van der Waals surface area contributed by atoms with Gasteiger partial charge in [-0.1, -0.05) is 56.0 Å². The summed E-state index contributed by atoms with van der Waals surface area (Å²) in [5, 5.41) is 0.522. The molecular weight excluding hydrogens is 339 g/mol. The van der Waals surface area contributed by atoms with Crippen molar-refractivity contribution in [1.82, 2.24) is 0 Å². The van der Waals surface area contributed by atoms with E-state index >= 15 is 0 Å². The van der Waals surface area contributed by atoms with Crippen LogP contribution in [-0.2, 0) is 14.3 Å². The van der Waals surface area contributed by atoms with E-state index in [0.717, 1.165) is 12.8 Å². The Morgan fingerprint density at radius 2 is 1.74 bits per heavy atom. The van der Waals surface area contributed by atoms with E-state index in [2.05, 4.69) is 13.8 Å². The van der Waals surface area contributed by atoms with E-state index in [1.807, 2.05) is 0 Å². The maximum Gasteiger partial charge on any atom is 0.311 e. The molecule has 0 aliphatic heterocycles. The van der Waals surface area contributed by atoms with E-state index in [1.165, 1.54) is 0 Å². The average Bonchev–Trinajstić information content (AvgIpc) is 2.53. The Kier molecular flexibility index (Phi) is 9.03. The Morgan fingerprint density at radius 3 is 2.39 bits per heavy atom. The Bertz CT molecular complexity index is 527. The third kappa shape index (κ3) is 7.23. The second kappa shape index (κ2) is 10.5. The van der Waals surface area contributed by atoms with E-state index in [0.29, 0.717) is 24.0 Å². The van der Waals surface area contributed by atoms with Gasteiger partial charge in [-0.05, 0) is 24.5 Å². The molecule has 0 heterocycles. The average molecular weight is 361 g/mol. The number of ether oxygens (including phenoxy) is 2. The van der Waals surface area contributed by atoms with Crippen molar-refractivity contribution < 1.29 is 19.1 Å². The van der Waals surface area contributed by atoms with Crippen LogP contribution >= 0.6 is 23.2 Å². The van der Waals surface area contributed by atoms with Gasteiger partial charge in [0.2, 0.25) is 0 Å². The molecule has 0 saturated carbocycles. The molecule has 1 aromatic rings. The third-order valence-corrected chi connectivity index (χ3v) is 4.34. The van der Waals surface area contributed by atoms with Crippen LogP contribution in [0.2, 0.25) is 10.0 Å². The molecule has 4 nitrogen and oxygen atoms in total. The lowest BCUT2D eigenvalue weighted by Crippen LogP contribution is -2.14. The molecule has 0 atom stereocenters. The third-order valence-electron chi connectivity index (χ3n) is 3.54. The molecule has 0 spiro atoms. The topological polar surface area (TPSA) is 52.6 Å². The quantitative estimate of drug-likeness (QED) is 0.456. The highest BCUT2D eigenvalue weighted by molar-refractivity contribution is 6.43. The minimum atomic E-state index is -0.457. The van der Waals surface area contributed by atoms with Crippen LogP contribution in [0.25, 0.3) is 0 Å². The van der Waals surface area contributed by atoms with Crippen LogP contribution < -0.4 is 4.74 Å². The van der Waals surface area contributed by atoms with Crippen molar-refractivity contribution in [3.8, 4) is 5.75 Å². The summed E-state index contributed by atoms with van der Waals surface area (Å²) in [6, 6.07) is 4.82. The lowest BCUT2D eigenvalue weighted by Gasteiger charge is -2.12. The van der Waals surface area contributed by atoms with Crippen LogP contribution in [0.4, 0.5) is 0 Å². The van der Waals surface area contributed by atoms with Crippen LogP contribution in [0.15, 0.2) is 18.2 Å². The molecule has 128 valence electrons. The Morgan fingerprint density at radius 1 is 1.09 bits per heavy atom. The molecule has 6 heteroatoms. The zero-order valence-electron chi connectivity index (χ0n) is 13.4. The van der Waals surface area contributed by atoms with Gasteiger partial charge in [-0.3, -0.25) is 9.59 Å². The van der Waals surface area contributed by atoms with Gasteiger partial charge in [0.15, 0.2) is 5.75 Å². The molecule has 1 rings (SSSR count). The number of carbonyl (C=O) groups is 2. The SMILES string of the molecule is CCC(CC)COC(=O)CCCC(=O)Oc1cccc(Cl)c1Cl. The number of carbonyl (C=O) groups excluding carboxylic acids is 2. The molecule has 0 unspecified atom stereocenters. The fraction of sp³-hybridized carbons (Fsp3) is 0.529. The van der Waals surface area contributed by atoms with E-state index in [9.17, 15) is 9.59 Å². The van der Waals surface area contributed by atoms with Crippen molar-refractivity contribution in [3.63, 3.8) is 0 Å². The van der Waals surface area contributed by atoms with E-state index in [1.54, 1.807) is 18.2 Å². The van der Waals surface area contributed by atoms with Crippen molar-refractivity contribution in [2.24, 2.45) is 5.92 Å². The first-order valence-electron chi connectivity index (χ1n) is 7.78. The highest BCUT2D eigenvalue weighted by Crippen LogP contribution is 2.31. The molecule has 0 aliphatic rings. The minimum Gasteiger partial charge on any atom is -0.465 e. The zero-order chi connectivity index (χ0) is 17.2. The van der Waals surface area contributed by atoms with Crippen LogP contribution in [0.3, 0.4) is 0 Å². The first-order valence-corrected chi connectivity index (χ1v) is 8.53. The van der Waals surface area contributed by atoms with Crippen LogP contribution in [0, 0.1) is 5.92 Å². The van der Waals surface area contributed by atoms with Crippen LogP contribution in [-0.4, -0.2) is 18.5 Å². The number of benzene rings is 1. The molecule has 0 bridgehead atoms. The van der Waals surface area contributed by atoms with Gasteiger partial charge in [0.25, 0.3) is 0 Å². The highest BCUT2D eigenvalue weighted by atomic mass is 35.5. The van der Waals surface area contributed by atoms with E-state index in [-0.39, 0.29) is 29.6 Å². The van der Waals surface area contributed by atoms with Crippen LogP contribution in [0.1, 0.15) is 46.0 Å². The van der Waals surface area contributed by atoms with Crippen molar-refractivity contribution in [3.05, 3.63) is 28.2 Å². The van der Waals surface area contributed by atoms with E-state index < -0.39 is 5.97 Å². The fourth-order valence-corrected chi connectivity index (χ4v) is 2.25. The summed E-state index contributed by atoms with van der Waals surface area (Å²) in [5.74, 6) is -0.123. The van der Waals surface area contributed by atoms with Crippen molar-refractivity contribution in [2.45, 2.75) is 46.0 Å². The summed E-state index contributed by atoms with van der Waals surface area (Å²) in [4.78, 5) is 23.3. The smallest absolute Gasteiger partial charge is 0.311 e. The van der Waals surface area contributed by atoms with Gasteiger partial charge in [0.05, 0.1) is 11.6 Å². The Hall–Kier alpha value is -1.26. The molecule has 0 fully saturated rings. The lowest BCUT2D eigenvalue weighted by atomic mass is 10.1. The van der Waals surface area contributed by atoms with Crippen molar-refractivity contribution in [2.75, 3.05) is 6.61 Å². The minimum absolute atomic E-state index is 0.114. The first kappa shape index (κ1) is 19.8. The number of halogens is 2. The second-order valence-corrected chi connectivity index (χ2v) is 6.03. The van der Waals surface area contributed by atoms with Crippen molar-refractivity contribution >= 4 is 35.1 Å². The zero-order valence-corrected chi connectivity index (χ0v) is 15.0. The molecule has 0 aromatic heterocycles. The van der Waals surface area contributed by atoms with Gasteiger partial charge in [-0.2, -0.15) is 0 Å². The van der Waals surface area contributed by atoms with Gasteiger partial charge in [-0.15, -0.1) is 0 Å². The van der Waals surface area contributed by atoms with Gasteiger partial charge >= 0.3 is 11.9 Å². The Labute approximate surface area is 147 Å². The maximum absolute atomic E-state index is 11.7. The van der Waals surface area contributed by atoms with Gasteiger partial charge in [0, 0.05) is 12.8 Å². The lowest BCUT2D eigenvalue weighted by molar-refractivity contribution is -0.145. The summed E-state index contributed by atoms with van der Waals surface area (Å²) < 4.78 is 10.3. The second-order valence-electron chi connectivity index (χ2n) is 5.25. The summed E-state index contributed by atoms with van der Waals surface area (Å²) in [6.45, 7) is 4.58. The first-order chi connectivity index (χ1) is 11.0. The molecule has 0 amide bonds. The summed E-state index contributed by atoms with van der Waals surface area (Å²) in [5.41, 5.74) is 0. The standard InChI is InChI=1S/C17H22Cl2O4/c1-3-12(4-2)11-22-15(20)9-6-10-16(21)23-14-8-5-7-13(18)17(14)19/h5,7-8,12H,3-4,6,9-11H2,1-2H3. The van der Waals surface area contributed by atoms with Gasteiger partial charge < -0.3 is 9.47 Å². The van der Waals surface area contributed by atoms with E-state index in [4.69, 9.17) is 32.7 Å². The molecule has 23 heavy (non-hydrogen) atoms. The molecule has 0 saturated heterocycles. The number of hydrogen-bond donors (Lipinski definition) is 0. The molecule has 1 aromatic carbocycles. The van der Waals surface area contributed by atoms with Gasteiger partial charge in [0.1, 0.15) is 5.02 Å².